The summed E-state index contributed by atoms with van der Waals surface area (Å²) < 4.78 is 16.1. The van der Waals surface area contributed by atoms with Crippen molar-refractivity contribution >= 4 is 17.5 Å². The molecule has 1 heterocycles. The molecule has 1 fully saturated rings. The first kappa shape index (κ1) is 17.7. The van der Waals surface area contributed by atoms with Gasteiger partial charge in [-0.25, -0.2) is 9.37 Å². The van der Waals surface area contributed by atoms with E-state index in [0.717, 1.165) is 24.2 Å². The maximum atomic E-state index is 14.1. The van der Waals surface area contributed by atoms with Crippen LogP contribution in [0.2, 0.25) is 5.02 Å². The van der Waals surface area contributed by atoms with E-state index in [1.54, 1.807) is 23.2 Å². The fourth-order valence-electron chi connectivity index (χ4n) is 3.14. The highest BCUT2D eigenvalue weighted by Crippen LogP contribution is 2.30. The number of hydrogen-bond donors (Lipinski definition) is 0. The number of hydrogen-bond acceptors (Lipinski definition) is 2. The molecule has 1 amide bonds. The number of benzene rings is 2. The van der Waals surface area contributed by atoms with E-state index in [2.05, 4.69) is 4.98 Å². The molecule has 1 aliphatic rings. The average Bonchev–Trinajstić information content (AvgIpc) is 3.42. The number of nitrogens with zero attached hydrogens (tertiary/aromatic N) is 3. The van der Waals surface area contributed by atoms with Gasteiger partial charge < -0.3 is 9.47 Å². The Morgan fingerprint density at radius 3 is 2.67 bits per heavy atom. The molecule has 0 aliphatic heterocycles. The minimum Gasteiger partial charge on any atom is -0.329 e. The van der Waals surface area contributed by atoms with Crippen LogP contribution in [0.4, 0.5) is 4.39 Å². The molecule has 0 saturated heterocycles. The van der Waals surface area contributed by atoms with Crippen molar-refractivity contribution in [2.45, 2.75) is 32.0 Å². The maximum Gasteiger partial charge on any atom is 0.257 e. The summed E-state index contributed by atoms with van der Waals surface area (Å²) in [5.74, 6) is -0.0260. The second-order valence-electron chi connectivity index (χ2n) is 6.71. The van der Waals surface area contributed by atoms with Crippen LogP contribution in [0.3, 0.4) is 0 Å². The predicted octanol–water partition coefficient (Wildman–Crippen LogP) is 4.53. The number of amides is 1. The second kappa shape index (κ2) is 7.53. The summed E-state index contributed by atoms with van der Waals surface area (Å²) in [6, 6.07) is 13.9. The topological polar surface area (TPSA) is 38.1 Å². The highest BCUT2D eigenvalue weighted by molar-refractivity contribution is 6.31. The number of halogens is 2. The van der Waals surface area contributed by atoms with Crippen molar-refractivity contribution in [3.8, 4) is 0 Å². The fraction of sp³-hybridized carbons (Fsp3) is 0.238. The zero-order valence-corrected chi connectivity index (χ0v) is 15.4. The van der Waals surface area contributed by atoms with Crippen molar-refractivity contribution in [3.05, 3.63) is 88.7 Å². The van der Waals surface area contributed by atoms with E-state index in [9.17, 15) is 9.18 Å². The first-order chi connectivity index (χ1) is 13.1. The Labute approximate surface area is 162 Å². The summed E-state index contributed by atoms with van der Waals surface area (Å²) >= 11 is 6.27. The van der Waals surface area contributed by atoms with Crippen LogP contribution in [0, 0.1) is 5.82 Å². The van der Waals surface area contributed by atoms with Gasteiger partial charge in [0, 0.05) is 23.5 Å². The summed E-state index contributed by atoms with van der Waals surface area (Å²) in [6.07, 6.45) is 5.46. The molecule has 0 unspecified atom stereocenters. The zero-order chi connectivity index (χ0) is 18.8. The molecular weight excluding hydrogens is 365 g/mol. The summed E-state index contributed by atoms with van der Waals surface area (Å²) in [6.45, 7) is 0.913. The van der Waals surface area contributed by atoms with Gasteiger partial charge >= 0.3 is 0 Å². The number of carbonyl (C=O) groups is 1. The predicted molar refractivity (Wildman–Crippen MR) is 102 cm³/mol. The van der Waals surface area contributed by atoms with E-state index in [0.29, 0.717) is 18.1 Å². The van der Waals surface area contributed by atoms with E-state index in [1.165, 1.54) is 12.1 Å². The van der Waals surface area contributed by atoms with Gasteiger partial charge in [0.15, 0.2) is 0 Å². The van der Waals surface area contributed by atoms with Gasteiger partial charge in [-0.1, -0.05) is 41.9 Å². The molecule has 0 radical (unpaired) electrons. The Morgan fingerprint density at radius 1 is 1.19 bits per heavy atom. The standard InChI is InChI=1S/C21H19ClFN3O/c22-18-7-3-1-5-15(18)13-25-12-11-24-20(25)14-26(16-9-10-16)21(27)17-6-2-4-8-19(17)23/h1-8,11-12,16H,9-10,13-14H2. The van der Waals surface area contributed by atoms with Crippen LogP contribution in [0.25, 0.3) is 0 Å². The van der Waals surface area contributed by atoms with Gasteiger partial charge in [0.05, 0.1) is 18.7 Å². The molecule has 0 spiro atoms. The molecule has 6 heteroatoms. The molecule has 2 aromatic carbocycles. The van der Waals surface area contributed by atoms with Gasteiger partial charge in [-0.15, -0.1) is 0 Å². The van der Waals surface area contributed by atoms with Crippen LogP contribution >= 0.6 is 11.6 Å². The van der Waals surface area contributed by atoms with Crippen molar-refractivity contribution in [1.29, 1.82) is 0 Å². The van der Waals surface area contributed by atoms with Crippen molar-refractivity contribution in [1.82, 2.24) is 14.5 Å². The van der Waals surface area contributed by atoms with E-state index in [1.807, 2.05) is 35.0 Å². The van der Waals surface area contributed by atoms with Gasteiger partial charge in [0.25, 0.3) is 5.91 Å². The van der Waals surface area contributed by atoms with Crippen molar-refractivity contribution in [2.24, 2.45) is 0 Å². The molecule has 4 nitrogen and oxygen atoms in total. The van der Waals surface area contributed by atoms with E-state index >= 15 is 0 Å². The van der Waals surface area contributed by atoms with E-state index < -0.39 is 5.82 Å². The van der Waals surface area contributed by atoms with Crippen LogP contribution in [-0.2, 0) is 13.1 Å². The first-order valence-corrected chi connectivity index (χ1v) is 9.30. The molecule has 0 N–H and O–H groups in total. The highest BCUT2D eigenvalue weighted by Gasteiger charge is 2.34. The van der Waals surface area contributed by atoms with Gasteiger partial charge in [-0.3, -0.25) is 4.79 Å². The van der Waals surface area contributed by atoms with Crippen molar-refractivity contribution < 1.29 is 9.18 Å². The monoisotopic (exact) mass is 383 g/mol. The Balaban J connectivity index is 1.57. The minimum atomic E-state index is -0.493. The molecule has 4 rings (SSSR count). The molecule has 3 aromatic rings. The number of carbonyl (C=O) groups excluding carboxylic acids is 1. The molecule has 0 atom stereocenters. The van der Waals surface area contributed by atoms with E-state index in [-0.39, 0.29) is 17.5 Å². The zero-order valence-electron chi connectivity index (χ0n) is 14.7. The van der Waals surface area contributed by atoms with Crippen LogP contribution in [-0.4, -0.2) is 26.4 Å². The Hall–Kier alpha value is -2.66. The third kappa shape index (κ3) is 3.88. The summed E-state index contributed by atoms with van der Waals surface area (Å²) in [5.41, 5.74) is 1.09. The Bertz CT molecular complexity index is 967. The molecule has 0 bridgehead atoms. The average molecular weight is 384 g/mol. The molecule has 138 valence electrons. The van der Waals surface area contributed by atoms with Crippen molar-refractivity contribution in [3.63, 3.8) is 0 Å². The van der Waals surface area contributed by atoms with Crippen LogP contribution < -0.4 is 0 Å². The number of imidazole rings is 1. The van der Waals surface area contributed by atoms with Crippen LogP contribution in [0.15, 0.2) is 60.9 Å². The van der Waals surface area contributed by atoms with Gasteiger partial charge in [-0.05, 0) is 36.6 Å². The lowest BCUT2D eigenvalue weighted by atomic mass is 10.2. The molecular formula is C21H19ClFN3O. The Morgan fingerprint density at radius 2 is 1.93 bits per heavy atom. The highest BCUT2D eigenvalue weighted by atomic mass is 35.5. The Kier molecular flexibility index (Phi) is 4.94. The fourth-order valence-corrected chi connectivity index (χ4v) is 3.34. The third-order valence-electron chi connectivity index (χ3n) is 4.76. The summed E-state index contributed by atoms with van der Waals surface area (Å²) in [7, 11) is 0. The molecule has 1 aromatic heterocycles. The minimum absolute atomic E-state index is 0.105. The van der Waals surface area contributed by atoms with Gasteiger partial charge in [0.1, 0.15) is 11.6 Å². The summed E-state index contributed by atoms with van der Waals surface area (Å²) in [4.78, 5) is 19.1. The molecule has 27 heavy (non-hydrogen) atoms. The summed E-state index contributed by atoms with van der Waals surface area (Å²) in [5, 5.41) is 0.693. The lowest BCUT2D eigenvalue weighted by molar-refractivity contribution is 0.0719. The second-order valence-corrected chi connectivity index (χ2v) is 7.11. The molecule has 1 aliphatic carbocycles. The number of rotatable bonds is 6. The van der Waals surface area contributed by atoms with Crippen molar-refractivity contribution in [2.75, 3.05) is 0 Å². The lowest BCUT2D eigenvalue weighted by Crippen LogP contribution is -2.34. The largest absolute Gasteiger partial charge is 0.329 e. The van der Waals surface area contributed by atoms with E-state index in [4.69, 9.17) is 11.6 Å². The smallest absolute Gasteiger partial charge is 0.257 e. The quantitative estimate of drug-likeness (QED) is 0.627. The van der Waals surface area contributed by atoms with Gasteiger partial charge in [0.2, 0.25) is 0 Å². The maximum absolute atomic E-state index is 14.1. The third-order valence-corrected chi connectivity index (χ3v) is 5.13. The number of aromatic nitrogens is 2. The lowest BCUT2D eigenvalue weighted by Gasteiger charge is -2.23. The van der Waals surface area contributed by atoms with Crippen LogP contribution in [0.1, 0.15) is 34.6 Å². The SMILES string of the molecule is O=C(c1ccccc1F)N(Cc1nccn1Cc1ccccc1Cl)C1CC1. The van der Waals surface area contributed by atoms with Crippen LogP contribution in [0.5, 0.6) is 0 Å². The van der Waals surface area contributed by atoms with Gasteiger partial charge in [-0.2, -0.15) is 0 Å². The molecule has 1 saturated carbocycles. The normalized spacial score (nSPS) is 13.6. The first-order valence-electron chi connectivity index (χ1n) is 8.92.